The van der Waals surface area contributed by atoms with E-state index >= 15 is 0 Å². The molecule has 0 heterocycles. The molecule has 0 aromatic rings. The summed E-state index contributed by atoms with van der Waals surface area (Å²) in [5.41, 5.74) is 7.49. The minimum atomic E-state index is 0.521. The fraction of sp³-hybridized carbons (Fsp3) is 0.500. The second-order valence-corrected chi connectivity index (χ2v) is 3.56. The van der Waals surface area contributed by atoms with Gasteiger partial charge in [-0.05, 0) is 26.1 Å². The topological polar surface area (TPSA) is 72.8 Å². The Hall–Kier alpha value is -1.63. The summed E-state index contributed by atoms with van der Waals surface area (Å²) in [6.45, 7) is 3.80. The molecule has 96 valence electrons. The summed E-state index contributed by atoms with van der Waals surface area (Å²) in [7, 11) is 5.25. The van der Waals surface area contributed by atoms with Gasteiger partial charge in [-0.1, -0.05) is 0 Å². The van der Waals surface area contributed by atoms with Crippen LogP contribution in [0.1, 0.15) is 13.8 Å². The van der Waals surface area contributed by atoms with Gasteiger partial charge in [0.1, 0.15) is 5.84 Å². The lowest BCUT2D eigenvalue weighted by Crippen LogP contribution is -2.41. The Kier molecular flexibility index (Phi) is 7.70. The molecule has 0 aromatic heterocycles. The molecular weight excluding hydrogens is 236 g/mol. The molecule has 0 fully saturated rings. The second kappa shape index (κ2) is 8.51. The Labute approximate surface area is 108 Å². The van der Waals surface area contributed by atoms with Gasteiger partial charge in [0.25, 0.3) is 0 Å². The van der Waals surface area contributed by atoms with Crippen LogP contribution in [0, 0.1) is 0 Å². The first kappa shape index (κ1) is 15.4. The fourth-order valence-corrected chi connectivity index (χ4v) is 0.843. The Morgan fingerprint density at radius 1 is 1.12 bits per heavy atom. The number of allylic oxidation sites excluding steroid dienone is 2. The van der Waals surface area contributed by atoms with Crippen molar-refractivity contribution in [3.8, 4) is 0 Å². The largest absolute Gasteiger partial charge is 0.372 e. The molecule has 0 rings (SSSR count). The predicted molar refractivity (Wildman–Crippen MR) is 77.2 cm³/mol. The molecular formula is C10H20N6S. The monoisotopic (exact) mass is 256 g/mol. The summed E-state index contributed by atoms with van der Waals surface area (Å²) in [6, 6.07) is 0. The van der Waals surface area contributed by atoms with Crippen molar-refractivity contribution >= 4 is 29.4 Å². The summed E-state index contributed by atoms with van der Waals surface area (Å²) in [6.07, 6.45) is 1.66. The van der Waals surface area contributed by atoms with Gasteiger partial charge in [-0.3, -0.25) is 15.4 Å². The summed E-state index contributed by atoms with van der Waals surface area (Å²) in [5.74, 6) is 0.718. The van der Waals surface area contributed by atoms with Gasteiger partial charge in [-0.2, -0.15) is 0 Å². The van der Waals surface area contributed by atoms with Crippen LogP contribution >= 0.6 is 12.2 Å². The van der Waals surface area contributed by atoms with Crippen molar-refractivity contribution in [1.29, 1.82) is 0 Å². The highest BCUT2D eigenvalue weighted by Gasteiger charge is 1.95. The van der Waals surface area contributed by atoms with Crippen molar-refractivity contribution in [2.45, 2.75) is 13.8 Å². The normalized spacial score (nSPS) is 13.1. The van der Waals surface area contributed by atoms with Crippen LogP contribution in [0.25, 0.3) is 0 Å². The lowest BCUT2D eigenvalue weighted by atomic mass is 10.4. The molecule has 17 heavy (non-hydrogen) atoms. The fourth-order valence-electron chi connectivity index (χ4n) is 0.792. The first-order chi connectivity index (χ1) is 8.04. The minimum Gasteiger partial charge on any atom is -0.372 e. The number of thiocarbonyl (C=S) groups is 1. The minimum absolute atomic E-state index is 0.521. The van der Waals surface area contributed by atoms with E-state index in [9.17, 15) is 0 Å². The lowest BCUT2D eigenvalue weighted by Gasteiger charge is -2.11. The summed E-state index contributed by atoms with van der Waals surface area (Å²) in [5, 5.41) is 6.23. The van der Waals surface area contributed by atoms with Gasteiger partial charge >= 0.3 is 0 Å². The van der Waals surface area contributed by atoms with Crippen molar-refractivity contribution < 1.29 is 0 Å². The standard InChI is InChI=1S/C10H20N6S/c1-7(14-6-9(11-3)12-4)8(2)15-16-10(17)13-5/h6,15H,1-5H3,(H,11,12)(H2,13,16,17). The second-order valence-electron chi connectivity index (χ2n) is 3.16. The molecule has 0 aromatic carbocycles. The summed E-state index contributed by atoms with van der Waals surface area (Å²) >= 11 is 4.93. The Balaban J connectivity index is 4.44. The van der Waals surface area contributed by atoms with Crippen LogP contribution in [0.15, 0.2) is 21.4 Å². The first-order valence-corrected chi connectivity index (χ1v) is 5.55. The van der Waals surface area contributed by atoms with E-state index in [0.717, 1.165) is 17.2 Å². The Bertz CT molecular complexity index is 345. The molecule has 0 radical (unpaired) electrons. The molecule has 0 saturated heterocycles. The van der Waals surface area contributed by atoms with E-state index in [4.69, 9.17) is 12.2 Å². The maximum Gasteiger partial charge on any atom is 0.184 e. The number of nitrogens with zero attached hydrogens (tertiary/aromatic N) is 2. The molecule has 4 N–H and O–H groups in total. The van der Waals surface area contributed by atoms with Gasteiger partial charge in [0, 0.05) is 26.8 Å². The molecule has 0 bridgehead atoms. The lowest BCUT2D eigenvalue weighted by molar-refractivity contribution is 0.743. The SMILES string of the molecule is CN=C(C=NC(C)=C(C)NNC(=S)NC)NC. The van der Waals surface area contributed by atoms with Gasteiger partial charge in [0.05, 0.1) is 11.9 Å². The number of hydrogen-bond donors (Lipinski definition) is 4. The average Bonchev–Trinajstić information content (AvgIpc) is 2.36. The van der Waals surface area contributed by atoms with Crippen LogP contribution in [-0.2, 0) is 0 Å². The van der Waals surface area contributed by atoms with Crippen molar-refractivity contribution in [1.82, 2.24) is 21.5 Å². The van der Waals surface area contributed by atoms with E-state index in [1.54, 1.807) is 27.4 Å². The van der Waals surface area contributed by atoms with E-state index < -0.39 is 0 Å². The molecule has 7 heteroatoms. The molecule has 0 saturated carbocycles. The average molecular weight is 256 g/mol. The quantitative estimate of drug-likeness (QED) is 0.249. The molecule has 0 unspecified atom stereocenters. The highest BCUT2D eigenvalue weighted by molar-refractivity contribution is 7.80. The van der Waals surface area contributed by atoms with Crippen LogP contribution in [-0.4, -0.2) is 38.3 Å². The molecule has 0 amide bonds. The Morgan fingerprint density at radius 2 is 1.76 bits per heavy atom. The number of hydrazine groups is 1. The molecule has 0 spiro atoms. The van der Waals surface area contributed by atoms with Crippen molar-refractivity contribution in [2.75, 3.05) is 21.1 Å². The third-order valence-corrected chi connectivity index (χ3v) is 2.32. The third-order valence-electron chi connectivity index (χ3n) is 2.01. The smallest absolute Gasteiger partial charge is 0.184 e. The summed E-state index contributed by atoms with van der Waals surface area (Å²) < 4.78 is 0. The van der Waals surface area contributed by atoms with Crippen molar-refractivity contribution in [2.24, 2.45) is 9.98 Å². The Morgan fingerprint density at radius 3 is 2.24 bits per heavy atom. The molecule has 6 nitrogen and oxygen atoms in total. The highest BCUT2D eigenvalue weighted by atomic mass is 32.1. The zero-order valence-electron chi connectivity index (χ0n) is 10.9. The third kappa shape index (κ3) is 6.52. The maximum absolute atomic E-state index is 4.93. The van der Waals surface area contributed by atoms with Crippen molar-refractivity contribution in [3.63, 3.8) is 0 Å². The predicted octanol–water partition coefficient (Wildman–Crippen LogP) is 0.155. The van der Waals surface area contributed by atoms with E-state index in [1.807, 2.05) is 13.8 Å². The van der Waals surface area contributed by atoms with Crippen LogP contribution in [0.3, 0.4) is 0 Å². The van der Waals surface area contributed by atoms with E-state index in [0.29, 0.717) is 5.11 Å². The van der Waals surface area contributed by atoms with E-state index in [1.165, 1.54) is 0 Å². The van der Waals surface area contributed by atoms with Gasteiger partial charge in [-0.15, -0.1) is 0 Å². The van der Waals surface area contributed by atoms with Gasteiger partial charge in [0.15, 0.2) is 5.11 Å². The number of aliphatic imine (C=N–C) groups is 2. The summed E-state index contributed by atoms with van der Waals surface area (Å²) in [4.78, 5) is 8.26. The molecule has 0 aliphatic rings. The van der Waals surface area contributed by atoms with Crippen LogP contribution < -0.4 is 21.5 Å². The van der Waals surface area contributed by atoms with Gasteiger partial charge < -0.3 is 16.1 Å². The number of hydrogen-bond acceptors (Lipinski definition) is 4. The van der Waals surface area contributed by atoms with Crippen molar-refractivity contribution in [3.05, 3.63) is 11.4 Å². The zero-order valence-corrected chi connectivity index (χ0v) is 11.7. The van der Waals surface area contributed by atoms with Gasteiger partial charge in [0.2, 0.25) is 0 Å². The highest BCUT2D eigenvalue weighted by Crippen LogP contribution is 1.99. The van der Waals surface area contributed by atoms with E-state index in [-0.39, 0.29) is 0 Å². The molecule has 0 aliphatic carbocycles. The van der Waals surface area contributed by atoms with Crippen LogP contribution in [0.4, 0.5) is 0 Å². The van der Waals surface area contributed by atoms with E-state index in [2.05, 4.69) is 31.5 Å². The first-order valence-electron chi connectivity index (χ1n) is 5.15. The number of nitrogens with one attached hydrogen (secondary N) is 4. The number of amidine groups is 1. The zero-order chi connectivity index (χ0) is 13.3. The molecule has 0 aliphatic heterocycles. The van der Waals surface area contributed by atoms with Crippen LogP contribution in [0.2, 0.25) is 0 Å². The van der Waals surface area contributed by atoms with Gasteiger partial charge in [-0.25, -0.2) is 0 Å². The number of rotatable bonds is 4. The maximum atomic E-state index is 4.93. The van der Waals surface area contributed by atoms with Crippen LogP contribution in [0.5, 0.6) is 0 Å². The molecule has 0 atom stereocenters.